The van der Waals surface area contributed by atoms with Crippen molar-refractivity contribution >= 4 is 38.6 Å². The molecule has 0 bridgehead atoms. The van der Waals surface area contributed by atoms with Crippen molar-refractivity contribution in [3.8, 4) is 16.9 Å². The van der Waals surface area contributed by atoms with E-state index >= 15 is 0 Å². The lowest BCUT2D eigenvalue weighted by Gasteiger charge is -2.21. The summed E-state index contributed by atoms with van der Waals surface area (Å²) >= 11 is 6.36. The van der Waals surface area contributed by atoms with Crippen molar-refractivity contribution < 1.29 is 31.6 Å². The molecule has 10 nitrogen and oxygen atoms in total. The van der Waals surface area contributed by atoms with E-state index in [-0.39, 0.29) is 13.2 Å². The number of aryl methyl sites for hydroxylation is 6. The standard InChI is InChI=1S/C36H48ClN3O7S/c1-23-21-27(22-24(2)32(23)37)45-18-11-15-29-28-13-10-14-30(31-25(3)38-39(8)26(31)4)33(28)40(34(29)35(41)47-36(5,6)7)16-12-17-44-19-20-46-48(9,42)43/h10,13-14,21-22H,11-12,15-20H2,1-9H3. The fourth-order valence-electron chi connectivity index (χ4n) is 5.98. The summed E-state index contributed by atoms with van der Waals surface area (Å²) in [6.45, 7) is 14.9. The second-order valence-corrected chi connectivity index (χ2v) is 15.2. The maximum Gasteiger partial charge on any atom is 0.355 e. The molecule has 0 N–H and O–H groups in total. The van der Waals surface area contributed by atoms with Crippen LogP contribution in [-0.4, -0.2) is 67.0 Å². The van der Waals surface area contributed by atoms with Gasteiger partial charge in [-0.1, -0.05) is 29.8 Å². The average Bonchev–Trinajstić information content (AvgIpc) is 3.43. The number of fused-ring (bicyclic) bond motifs is 1. The number of aromatic nitrogens is 3. The first-order valence-corrected chi connectivity index (χ1v) is 18.4. The molecule has 4 rings (SSSR count). The lowest BCUT2D eigenvalue weighted by Crippen LogP contribution is -2.26. The quantitative estimate of drug-likeness (QED) is 0.0723. The Labute approximate surface area is 289 Å². The number of carbonyl (C=O) groups excluding carboxylic acids is 1. The van der Waals surface area contributed by atoms with Crippen LogP contribution in [-0.2, 0) is 43.8 Å². The van der Waals surface area contributed by atoms with Crippen molar-refractivity contribution in [2.24, 2.45) is 7.05 Å². The van der Waals surface area contributed by atoms with Crippen LogP contribution in [0.2, 0.25) is 5.02 Å². The molecule has 0 unspecified atom stereocenters. The molecule has 0 saturated carbocycles. The molecule has 2 heterocycles. The number of carbonyl (C=O) groups is 1. The summed E-state index contributed by atoms with van der Waals surface area (Å²) in [7, 11) is -1.61. The Bertz CT molecular complexity index is 1860. The molecule has 0 aliphatic heterocycles. The zero-order valence-corrected chi connectivity index (χ0v) is 31.1. The number of hydrogen-bond donors (Lipinski definition) is 0. The molecule has 2 aromatic carbocycles. The van der Waals surface area contributed by atoms with Gasteiger partial charge in [-0.25, -0.2) is 4.79 Å². The summed E-state index contributed by atoms with van der Waals surface area (Å²) in [6, 6.07) is 10.0. The van der Waals surface area contributed by atoms with Crippen LogP contribution >= 0.6 is 11.6 Å². The third kappa shape index (κ3) is 9.19. The van der Waals surface area contributed by atoms with E-state index in [1.807, 2.05) is 78.4 Å². The van der Waals surface area contributed by atoms with E-state index in [0.717, 1.165) is 67.1 Å². The number of ether oxygens (including phenoxy) is 3. The maximum absolute atomic E-state index is 14.1. The van der Waals surface area contributed by atoms with Crippen LogP contribution in [0.3, 0.4) is 0 Å². The molecule has 2 aromatic heterocycles. The Kier molecular flexibility index (Phi) is 12.0. The molecule has 0 aliphatic carbocycles. The zero-order valence-electron chi connectivity index (χ0n) is 29.5. The summed E-state index contributed by atoms with van der Waals surface area (Å²) in [4.78, 5) is 14.1. The molecule has 0 spiro atoms. The normalized spacial score (nSPS) is 12.2. The molecule has 0 atom stereocenters. The van der Waals surface area contributed by atoms with Crippen molar-refractivity contribution in [1.82, 2.24) is 14.3 Å². The van der Waals surface area contributed by atoms with Gasteiger partial charge in [0.25, 0.3) is 10.1 Å². The summed E-state index contributed by atoms with van der Waals surface area (Å²) < 4.78 is 49.2. The highest BCUT2D eigenvalue weighted by atomic mass is 35.5. The summed E-state index contributed by atoms with van der Waals surface area (Å²) in [6.07, 6.45) is 2.82. The van der Waals surface area contributed by atoms with Crippen LogP contribution < -0.4 is 4.74 Å². The molecule has 0 radical (unpaired) electrons. The van der Waals surface area contributed by atoms with Gasteiger partial charge in [-0.05, 0) is 96.6 Å². The number of esters is 1. The topological polar surface area (TPSA) is 111 Å². The Morgan fingerprint density at radius 2 is 1.67 bits per heavy atom. The van der Waals surface area contributed by atoms with E-state index < -0.39 is 21.7 Å². The van der Waals surface area contributed by atoms with E-state index in [2.05, 4.69) is 21.8 Å². The molecular formula is C36H48ClN3O7S. The minimum absolute atomic E-state index is 0.0560. The van der Waals surface area contributed by atoms with Gasteiger partial charge in [0.1, 0.15) is 17.0 Å². The molecular weight excluding hydrogens is 654 g/mol. The van der Waals surface area contributed by atoms with Crippen molar-refractivity contribution in [3.63, 3.8) is 0 Å². The Morgan fingerprint density at radius 3 is 2.27 bits per heavy atom. The molecule has 0 saturated heterocycles. The molecule has 0 fully saturated rings. The summed E-state index contributed by atoms with van der Waals surface area (Å²) in [5.41, 5.74) is 7.47. The minimum Gasteiger partial charge on any atom is -0.494 e. The third-order valence-electron chi connectivity index (χ3n) is 8.00. The second kappa shape index (κ2) is 15.4. The van der Waals surface area contributed by atoms with Crippen molar-refractivity contribution in [1.29, 1.82) is 0 Å². The maximum atomic E-state index is 14.1. The number of nitrogens with zero attached hydrogens (tertiary/aromatic N) is 3. The SMILES string of the molecule is Cc1cc(OCCCc2c(C(=O)OC(C)(C)C)n(CCCOCCOS(C)(=O)=O)c3c(-c4c(C)nn(C)c4C)cccc23)cc(C)c1Cl. The lowest BCUT2D eigenvalue weighted by atomic mass is 9.98. The first-order valence-electron chi connectivity index (χ1n) is 16.2. The van der Waals surface area contributed by atoms with Gasteiger partial charge < -0.3 is 18.8 Å². The predicted molar refractivity (Wildman–Crippen MR) is 190 cm³/mol. The fraction of sp³-hybridized carbons (Fsp3) is 0.500. The average molecular weight is 702 g/mol. The van der Waals surface area contributed by atoms with E-state index in [4.69, 9.17) is 30.0 Å². The van der Waals surface area contributed by atoms with Gasteiger partial charge in [0.2, 0.25) is 0 Å². The Morgan fingerprint density at radius 1 is 0.979 bits per heavy atom. The number of rotatable bonds is 15. The van der Waals surface area contributed by atoms with E-state index in [1.165, 1.54) is 0 Å². The smallest absolute Gasteiger partial charge is 0.355 e. The van der Waals surface area contributed by atoms with Gasteiger partial charge in [0.15, 0.2) is 0 Å². The summed E-state index contributed by atoms with van der Waals surface area (Å²) in [5.74, 6) is 0.363. The largest absolute Gasteiger partial charge is 0.494 e. The first kappa shape index (κ1) is 37.4. The Balaban J connectivity index is 1.74. The minimum atomic E-state index is -3.54. The highest BCUT2D eigenvalue weighted by Gasteiger charge is 2.29. The highest BCUT2D eigenvalue weighted by molar-refractivity contribution is 7.85. The molecule has 0 amide bonds. The van der Waals surface area contributed by atoms with Gasteiger partial charge in [-0.3, -0.25) is 8.86 Å². The zero-order chi connectivity index (χ0) is 35.4. The van der Waals surface area contributed by atoms with Crippen molar-refractivity contribution in [2.75, 3.05) is 32.7 Å². The third-order valence-corrected chi connectivity index (χ3v) is 9.19. The van der Waals surface area contributed by atoms with Gasteiger partial charge in [0, 0.05) is 47.4 Å². The van der Waals surface area contributed by atoms with Gasteiger partial charge >= 0.3 is 5.97 Å². The molecule has 4 aromatic rings. The van der Waals surface area contributed by atoms with Crippen LogP contribution in [0.4, 0.5) is 0 Å². The molecule has 12 heteroatoms. The van der Waals surface area contributed by atoms with Crippen LogP contribution in [0, 0.1) is 27.7 Å². The van der Waals surface area contributed by atoms with E-state index in [0.29, 0.717) is 44.7 Å². The van der Waals surface area contributed by atoms with Gasteiger partial charge in [0.05, 0.1) is 37.3 Å². The predicted octanol–water partition coefficient (Wildman–Crippen LogP) is 7.28. The number of halogens is 1. The number of para-hydroxylation sites is 1. The monoisotopic (exact) mass is 701 g/mol. The van der Waals surface area contributed by atoms with E-state index in [1.54, 1.807) is 0 Å². The van der Waals surface area contributed by atoms with Crippen LogP contribution in [0.25, 0.3) is 22.0 Å². The van der Waals surface area contributed by atoms with Crippen LogP contribution in [0.1, 0.15) is 72.2 Å². The lowest BCUT2D eigenvalue weighted by molar-refractivity contribution is 0.00559. The molecule has 262 valence electrons. The highest BCUT2D eigenvalue weighted by Crippen LogP contribution is 2.38. The molecule has 0 aliphatic rings. The van der Waals surface area contributed by atoms with Crippen LogP contribution in [0.5, 0.6) is 5.75 Å². The van der Waals surface area contributed by atoms with Crippen LogP contribution in [0.15, 0.2) is 30.3 Å². The van der Waals surface area contributed by atoms with Crippen molar-refractivity contribution in [3.05, 3.63) is 69.1 Å². The molecule has 48 heavy (non-hydrogen) atoms. The Hall–Kier alpha value is -3.38. The first-order chi connectivity index (χ1) is 22.5. The van der Waals surface area contributed by atoms with Gasteiger partial charge in [-0.2, -0.15) is 13.5 Å². The second-order valence-electron chi connectivity index (χ2n) is 13.2. The van der Waals surface area contributed by atoms with E-state index in [9.17, 15) is 13.2 Å². The number of hydrogen-bond acceptors (Lipinski definition) is 8. The van der Waals surface area contributed by atoms with Crippen molar-refractivity contribution in [2.45, 2.75) is 79.9 Å². The summed E-state index contributed by atoms with van der Waals surface area (Å²) in [5, 5.41) is 6.39. The van der Waals surface area contributed by atoms with Gasteiger partial charge in [-0.15, -0.1) is 0 Å². The fourth-order valence-corrected chi connectivity index (χ4v) is 6.46. The number of benzene rings is 2.